The molecule has 3 heterocycles. The summed E-state index contributed by atoms with van der Waals surface area (Å²) >= 11 is 6.17. The second-order valence-electron chi connectivity index (χ2n) is 8.96. The number of carbonyl (C=O) groups is 2. The summed E-state index contributed by atoms with van der Waals surface area (Å²) < 4.78 is 1.63. The number of anilines is 2. The molecule has 11 heteroatoms. The normalized spacial score (nSPS) is 14.0. The molecule has 0 atom stereocenters. The van der Waals surface area contributed by atoms with Gasteiger partial charge in [-0.3, -0.25) is 14.5 Å². The average Bonchev–Trinajstić information content (AvgIpc) is 3.36. The van der Waals surface area contributed by atoms with E-state index in [9.17, 15) is 9.59 Å². The van der Waals surface area contributed by atoms with Crippen LogP contribution in [0.25, 0.3) is 16.8 Å². The maximum Gasteiger partial charge on any atom is 0.274 e. The molecular formula is C27H28ClN7O3. The van der Waals surface area contributed by atoms with Crippen molar-refractivity contribution >= 4 is 40.4 Å². The summed E-state index contributed by atoms with van der Waals surface area (Å²) in [5, 5.41) is 19.5. The Hall–Kier alpha value is -3.99. The highest BCUT2D eigenvalue weighted by atomic mass is 35.5. The number of aliphatic hydroxyl groups is 1. The van der Waals surface area contributed by atoms with E-state index in [0.717, 1.165) is 16.8 Å². The third kappa shape index (κ3) is 5.77. The number of aliphatic hydroxyl groups excluding tert-OH is 1. The van der Waals surface area contributed by atoms with Crippen LogP contribution in [0.3, 0.4) is 0 Å². The summed E-state index contributed by atoms with van der Waals surface area (Å²) in [6.07, 6.45) is 3.42. The van der Waals surface area contributed by atoms with Gasteiger partial charge in [-0.05, 0) is 35.9 Å². The van der Waals surface area contributed by atoms with Gasteiger partial charge in [0.25, 0.3) is 5.91 Å². The van der Waals surface area contributed by atoms with E-state index in [1.807, 2.05) is 42.5 Å². The average molecular weight is 534 g/mol. The zero-order valence-corrected chi connectivity index (χ0v) is 21.4. The van der Waals surface area contributed by atoms with Crippen molar-refractivity contribution < 1.29 is 14.7 Å². The molecule has 1 aliphatic rings. The van der Waals surface area contributed by atoms with Crippen LogP contribution in [0.15, 0.2) is 67.0 Å². The standard InChI is InChI=1S/C27H28ClN7O3/c28-20-5-3-4-19(16-20)21-17-30-35-10-8-23(31-26(21)35)27(38)32-22-6-1-2-7-24(22)34-13-11-33(12-14-34)18-25(37)29-9-15-36/h1-8,10,16-17,36H,9,11-15,18H2,(H,29,37)(H,32,38). The molecule has 2 aromatic heterocycles. The molecule has 196 valence electrons. The van der Waals surface area contributed by atoms with Crippen molar-refractivity contribution in [2.75, 3.05) is 56.1 Å². The summed E-state index contributed by atoms with van der Waals surface area (Å²) in [4.78, 5) is 34.1. The minimum atomic E-state index is -0.322. The Morgan fingerprint density at radius 3 is 2.63 bits per heavy atom. The smallest absolute Gasteiger partial charge is 0.274 e. The lowest BCUT2D eigenvalue weighted by atomic mass is 10.1. The maximum atomic E-state index is 13.3. The number of hydrogen-bond acceptors (Lipinski definition) is 7. The van der Waals surface area contributed by atoms with Gasteiger partial charge in [-0.25, -0.2) is 9.50 Å². The lowest BCUT2D eigenvalue weighted by molar-refractivity contribution is -0.122. The Balaban J connectivity index is 1.29. The fraction of sp³-hybridized carbons (Fsp3) is 0.259. The SMILES string of the molecule is O=C(CN1CCN(c2ccccc2NC(=O)c2ccn3ncc(-c4cccc(Cl)c4)c3n2)CC1)NCCO. The molecule has 3 N–H and O–H groups in total. The van der Waals surface area contributed by atoms with Gasteiger partial charge in [-0.15, -0.1) is 0 Å². The van der Waals surface area contributed by atoms with Gasteiger partial charge in [-0.1, -0.05) is 35.9 Å². The van der Waals surface area contributed by atoms with Gasteiger partial charge in [0.1, 0.15) is 5.69 Å². The van der Waals surface area contributed by atoms with Gasteiger partial charge in [0.15, 0.2) is 5.65 Å². The van der Waals surface area contributed by atoms with E-state index in [2.05, 4.69) is 30.5 Å². The van der Waals surface area contributed by atoms with Crippen LogP contribution in [0.5, 0.6) is 0 Å². The lowest BCUT2D eigenvalue weighted by Gasteiger charge is -2.36. The molecule has 0 bridgehead atoms. The largest absolute Gasteiger partial charge is 0.395 e. The number of para-hydroxylation sites is 2. The van der Waals surface area contributed by atoms with E-state index >= 15 is 0 Å². The first-order valence-electron chi connectivity index (χ1n) is 12.4. The van der Waals surface area contributed by atoms with Crippen LogP contribution in [0.2, 0.25) is 5.02 Å². The van der Waals surface area contributed by atoms with E-state index in [1.54, 1.807) is 29.0 Å². The first-order chi connectivity index (χ1) is 18.5. The van der Waals surface area contributed by atoms with Gasteiger partial charge in [0.2, 0.25) is 5.91 Å². The number of hydrogen-bond donors (Lipinski definition) is 3. The number of carbonyl (C=O) groups excluding carboxylic acids is 2. The highest BCUT2D eigenvalue weighted by Crippen LogP contribution is 2.28. The molecule has 2 aromatic carbocycles. The summed E-state index contributed by atoms with van der Waals surface area (Å²) in [6.45, 7) is 3.33. The summed E-state index contributed by atoms with van der Waals surface area (Å²) in [6, 6.07) is 16.7. The van der Waals surface area contributed by atoms with Crippen molar-refractivity contribution in [3.63, 3.8) is 0 Å². The zero-order chi connectivity index (χ0) is 26.5. The van der Waals surface area contributed by atoms with Crippen molar-refractivity contribution in [3.8, 4) is 11.1 Å². The zero-order valence-electron chi connectivity index (χ0n) is 20.7. The molecule has 0 unspecified atom stereocenters. The fourth-order valence-corrected chi connectivity index (χ4v) is 4.69. The number of nitrogens with one attached hydrogen (secondary N) is 2. The molecule has 2 amide bonds. The van der Waals surface area contributed by atoms with Gasteiger partial charge in [0, 0.05) is 49.5 Å². The number of nitrogens with zero attached hydrogens (tertiary/aromatic N) is 5. The Morgan fingerprint density at radius 2 is 1.84 bits per heavy atom. The quantitative estimate of drug-likeness (QED) is 0.319. The Morgan fingerprint density at radius 1 is 1.03 bits per heavy atom. The topological polar surface area (TPSA) is 115 Å². The highest BCUT2D eigenvalue weighted by Gasteiger charge is 2.22. The van der Waals surface area contributed by atoms with E-state index < -0.39 is 0 Å². The monoisotopic (exact) mass is 533 g/mol. The molecule has 0 radical (unpaired) electrons. The van der Waals surface area contributed by atoms with Crippen LogP contribution >= 0.6 is 11.6 Å². The molecule has 10 nitrogen and oxygen atoms in total. The molecule has 0 spiro atoms. The van der Waals surface area contributed by atoms with E-state index in [-0.39, 0.29) is 30.7 Å². The van der Waals surface area contributed by atoms with E-state index in [1.165, 1.54) is 0 Å². The molecule has 0 saturated carbocycles. The Kier molecular flexibility index (Phi) is 7.83. The maximum absolute atomic E-state index is 13.3. The molecule has 38 heavy (non-hydrogen) atoms. The van der Waals surface area contributed by atoms with Crippen LogP contribution in [0.4, 0.5) is 11.4 Å². The van der Waals surface area contributed by atoms with Gasteiger partial charge in [-0.2, -0.15) is 5.10 Å². The molecule has 1 aliphatic heterocycles. The minimum Gasteiger partial charge on any atom is -0.395 e. The van der Waals surface area contributed by atoms with Crippen LogP contribution in [-0.4, -0.2) is 82.3 Å². The number of aromatic nitrogens is 3. The second-order valence-corrected chi connectivity index (χ2v) is 9.39. The third-order valence-corrected chi connectivity index (χ3v) is 6.64. The van der Waals surface area contributed by atoms with Gasteiger partial charge >= 0.3 is 0 Å². The van der Waals surface area contributed by atoms with Crippen LogP contribution in [0.1, 0.15) is 10.5 Å². The van der Waals surface area contributed by atoms with Crippen molar-refractivity contribution in [2.24, 2.45) is 0 Å². The number of amides is 2. The molecule has 1 fully saturated rings. The first-order valence-corrected chi connectivity index (χ1v) is 12.7. The molecule has 1 saturated heterocycles. The predicted molar refractivity (Wildman–Crippen MR) is 147 cm³/mol. The fourth-order valence-electron chi connectivity index (χ4n) is 4.50. The molecular weight excluding hydrogens is 506 g/mol. The van der Waals surface area contributed by atoms with Gasteiger partial charge in [0.05, 0.1) is 30.7 Å². The van der Waals surface area contributed by atoms with Crippen LogP contribution in [0, 0.1) is 0 Å². The second kappa shape index (κ2) is 11.6. The molecule has 5 rings (SSSR count). The van der Waals surface area contributed by atoms with E-state index in [4.69, 9.17) is 16.7 Å². The third-order valence-electron chi connectivity index (χ3n) is 6.40. The predicted octanol–water partition coefficient (Wildman–Crippen LogP) is 2.53. The van der Waals surface area contributed by atoms with Crippen LogP contribution in [-0.2, 0) is 4.79 Å². The number of rotatable bonds is 8. The van der Waals surface area contributed by atoms with Crippen LogP contribution < -0.4 is 15.5 Å². The number of fused-ring (bicyclic) bond motifs is 1. The van der Waals surface area contributed by atoms with E-state index in [0.29, 0.717) is 49.1 Å². The first kappa shape index (κ1) is 25.7. The minimum absolute atomic E-state index is 0.0725. The number of halogens is 1. The Labute approximate surface area is 224 Å². The lowest BCUT2D eigenvalue weighted by Crippen LogP contribution is -2.49. The molecule has 0 aliphatic carbocycles. The van der Waals surface area contributed by atoms with Crippen molar-refractivity contribution in [3.05, 3.63) is 77.7 Å². The summed E-state index contributed by atoms with van der Waals surface area (Å²) in [5.41, 5.74) is 4.09. The summed E-state index contributed by atoms with van der Waals surface area (Å²) in [7, 11) is 0. The Bertz CT molecular complexity index is 1450. The number of benzene rings is 2. The van der Waals surface area contributed by atoms with Crippen molar-refractivity contribution in [1.29, 1.82) is 0 Å². The highest BCUT2D eigenvalue weighted by molar-refractivity contribution is 6.30. The van der Waals surface area contributed by atoms with Crippen molar-refractivity contribution in [2.45, 2.75) is 0 Å². The number of piperazine rings is 1. The van der Waals surface area contributed by atoms with Crippen molar-refractivity contribution in [1.82, 2.24) is 24.8 Å². The van der Waals surface area contributed by atoms with Gasteiger partial charge < -0.3 is 20.6 Å². The summed E-state index contributed by atoms with van der Waals surface area (Å²) in [5.74, 6) is -0.418. The molecule has 4 aromatic rings.